The Morgan fingerprint density at radius 2 is 1.95 bits per heavy atom. The monoisotopic (exact) mass is 302 g/mol. The minimum atomic E-state index is -0.480. The summed E-state index contributed by atoms with van der Waals surface area (Å²) in [5.74, 6) is 0.679. The van der Waals surface area contributed by atoms with E-state index < -0.39 is 5.60 Å². The lowest BCUT2D eigenvalue weighted by atomic mass is 10.1. The lowest BCUT2D eigenvalue weighted by Crippen LogP contribution is -2.36. The molecular formula is C17H22N2O3. The molecule has 118 valence electrons. The van der Waals surface area contributed by atoms with Crippen LogP contribution in [0.2, 0.25) is 0 Å². The van der Waals surface area contributed by atoms with Gasteiger partial charge in [-0.25, -0.2) is 9.79 Å². The molecule has 0 spiro atoms. The van der Waals surface area contributed by atoms with Gasteiger partial charge in [-0.3, -0.25) is 0 Å². The zero-order valence-electron chi connectivity index (χ0n) is 13.5. The number of benzene rings is 1. The molecule has 0 N–H and O–H groups in total. The van der Waals surface area contributed by atoms with Crippen LogP contribution in [-0.2, 0) is 9.47 Å². The Labute approximate surface area is 130 Å². The van der Waals surface area contributed by atoms with Crippen molar-refractivity contribution >= 4 is 12.0 Å². The molecule has 5 nitrogen and oxygen atoms in total. The Kier molecular flexibility index (Phi) is 3.59. The molecule has 0 bridgehead atoms. The molecule has 0 radical (unpaired) electrons. The fourth-order valence-electron chi connectivity index (χ4n) is 2.64. The number of ether oxygens (including phenoxy) is 2. The number of carbonyl (C=O) groups is 1. The molecule has 1 saturated heterocycles. The van der Waals surface area contributed by atoms with E-state index in [9.17, 15) is 4.79 Å². The molecule has 0 saturated carbocycles. The zero-order valence-corrected chi connectivity index (χ0v) is 13.5. The predicted molar refractivity (Wildman–Crippen MR) is 84.2 cm³/mol. The third-order valence-electron chi connectivity index (χ3n) is 3.73. The van der Waals surface area contributed by atoms with Crippen LogP contribution >= 0.6 is 0 Å². The van der Waals surface area contributed by atoms with Gasteiger partial charge in [0.25, 0.3) is 0 Å². The highest BCUT2D eigenvalue weighted by atomic mass is 16.6. The largest absolute Gasteiger partial charge is 0.470 e. The third-order valence-corrected chi connectivity index (χ3v) is 3.73. The van der Waals surface area contributed by atoms with Crippen LogP contribution < -0.4 is 0 Å². The number of hydrogen-bond donors (Lipinski definition) is 0. The minimum absolute atomic E-state index is 0.00354. The summed E-state index contributed by atoms with van der Waals surface area (Å²) < 4.78 is 11.3. The first kappa shape index (κ1) is 14.9. The number of rotatable bonds is 1. The molecule has 2 atom stereocenters. The molecule has 2 aliphatic rings. The summed E-state index contributed by atoms with van der Waals surface area (Å²) in [6.07, 6.45) is -0.360. The lowest BCUT2D eigenvalue weighted by molar-refractivity contribution is 0.0272. The van der Waals surface area contributed by atoms with Crippen LogP contribution in [0.15, 0.2) is 29.3 Å². The number of nitrogens with zero attached hydrogens (tertiary/aromatic N) is 2. The standard InChI is InChI=1S/C17H22N2O3/c1-11-5-7-12(8-6-11)15-18-13-9-19(10-14(13)21-15)16(20)22-17(2,3)4/h5-8,13-14H,9-10H2,1-4H3. The first-order valence-corrected chi connectivity index (χ1v) is 7.61. The molecule has 0 aromatic heterocycles. The number of carbonyl (C=O) groups excluding carboxylic acids is 1. The van der Waals surface area contributed by atoms with Gasteiger partial charge in [0.05, 0.1) is 13.1 Å². The molecule has 2 heterocycles. The smallest absolute Gasteiger partial charge is 0.410 e. The van der Waals surface area contributed by atoms with Crippen LogP contribution in [0.4, 0.5) is 4.79 Å². The van der Waals surface area contributed by atoms with E-state index in [4.69, 9.17) is 9.47 Å². The Morgan fingerprint density at radius 3 is 2.55 bits per heavy atom. The number of aliphatic imine (C=N–C) groups is 1. The van der Waals surface area contributed by atoms with Gasteiger partial charge in [0.2, 0.25) is 5.90 Å². The quantitative estimate of drug-likeness (QED) is 0.801. The Bertz CT molecular complexity index is 601. The fourth-order valence-corrected chi connectivity index (χ4v) is 2.64. The first-order valence-electron chi connectivity index (χ1n) is 7.61. The topological polar surface area (TPSA) is 51.1 Å². The molecule has 1 amide bonds. The van der Waals surface area contributed by atoms with Crippen molar-refractivity contribution < 1.29 is 14.3 Å². The van der Waals surface area contributed by atoms with Crippen molar-refractivity contribution in [2.75, 3.05) is 13.1 Å². The second-order valence-corrected chi connectivity index (χ2v) is 6.91. The highest BCUT2D eigenvalue weighted by Crippen LogP contribution is 2.26. The van der Waals surface area contributed by atoms with E-state index in [2.05, 4.69) is 11.9 Å². The van der Waals surface area contributed by atoms with Gasteiger partial charge in [-0.05, 0) is 39.8 Å². The van der Waals surface area contributed by atoms with Crippen molar-refractivity contribution in [3.8, 4) is 0 Å². The summed E-state index contributed by atoms with van der Waals surface area (Å²) in [6, 6.07) is 8.12. The van der Waals surface area contributed by atoms with Gasteiger partial charge < -0.3 is 14.4 Å². The minimum Gasteiger partial charge on any atom is -0.470 e. The molecule has 5 heteroatoms. The van der Waals surface area contributed by atoms with E-state index in [0.717, 1.165) is 5.56 Å². The summed E-state index contributed by atoms with van der Waals surface area (Å²) in [7, 11) is 0. The fraction of sp³-hybridized carbons (Fsp3) is 0.529. The van der Waals surface area contributed by atoms with E-state index in [1.165, 1.54) is 5.56 Å². The van der Waals surface area contributed by atoms with Crippen molar-refractivity contribution in [1.29, 1.82) is 0 Å². The summed E-state index contributed by atoms with van der Waals surface area (Å²) in [4.78, 5) is 18.4. The maximum atomic E-state index is 12.1. The third kappa shape index (κ3) is 3.08. The number of likely N-dealkylation sites (tertiary alicyclic amines) is 1. The van der Waals surface area contributed by atoms with Crippen LogP contribution in [0.25, 0.3) is 0 Å². The summed E-state index contributed by atoms with van der Waals surface area (Å²) in [5, 5.41) is 0. The van der Waals surface area contributed by atoms with Crippen molar-refractivity contribution in [3.05, 3.63) is 35.4 Å². The average Bonchev–Trinajstić information content (AvgIpc) is 2.95. The van der Waals surface area contributed by atoms with Crippen LogP contribution in [0.1, 0.15) is 31.9 Å². The number of aryl methyl sites for hydroxylation is 1. The first-order chi connectivity index (χ1) is 10.3. The average molecular weight is 302 g/mol. The molecule has 1 aromatic carbocycles. The zero-order chi connectivity index (χ0) is 15.9. The number of amides is 1. The molecule has 0 aliphatic carbocycles. The van der Waals surface area contributed by atoms with Gasteiger partial charge in [0.15, 0.2) is 0 Å². The van der Waals surface area contributed by atoms with Crippen molar-refractivity contribution in [2.45, 2.75) is 45.4 Å². The van der Waals surface area contributed by atoms with Crippen LogP contribution in [-0.4, -0.2) is 47.7 Å². The van der Waals surface area contributed by atoms with Crippen molar-refractivity contribution in [3.63, 3.8) is 0 Å². The van der Waals surface area contributed by atoms with Gasteiger partial charge in [-0.15, -0.1) is 0 Å². The van der Waals surface area contributed by atoms with Gasteiger partial charge in [0.1, 0.15) is 17.7 Å². The Hall–Kier alpha value is -2.04. The highest BCUT2D eigenvalue weighted by molar-refractivity contribution is 5.95. The van der Waals surface area contributed by atoms with Crippen LogP contribution in [0.5, 0.6) is 0 Å². The summed E-state index contributed by atoms with van der Waals surface area (Å²) in [5.41, 5.74) is 1.72. The maximum Gasteiger partial charge on any atom is 0.410 e. The highest BCUT2D eigenvalue weighted by Gasteiger charge is 2.42. The Morgan fingerprint density at radius 1 is 1.27 bits per heavy atom. The van der Waals surface area contributed by atoms with Gasteiger partial charge in [-0.1, -0.05) is 17.7 Å². The van der Waals surface area contributed by atoms with Gasteiger partial charge in [-0.2, -0.15) is 0 Å². The molecule has 1 fully saturated rings. The molecule has 2 unspecified atom stereocenters. The number of hydrogen-bond acceptors (Lipinski definition) is 4. The second kappa shape index (κ2) is 5.30. The lowest BCUT2D eigenvalue weighted by Gasteiger charge is -2.24. The van der Waals surface area contributed by atoms with E-state index >= 15 is 0 Å². The normalized spacial score (nSPS) is 23.8. The van der Waals surface area contributed by atoms with E-state index in [0.29, 0.717) is 19.0 Å². The van der Waals surface area contributed by atoms with E-state index in [1.807, 2.05) is 45.0 Å². The van der Waals surface area contributed by atoms with E-state index in [1.54, 1.807) is 4.90 Å². The number of fused-ring (bicyclic) bond motifs is 1. The maximum absolute atomic E-state index is 12.1. The van der Waals surface area contributed by atoms with E-state index in [-0.39, 0.29) is 18.2 Å². The molecule has 2 aliphatic heterocycles. The van der Waals surface area contributed by atoms with Crippen molar-refractivity contribution in [1.82, 2.24) is 4.90 Å². The molecule has 22 heavy (non-hydrogen) atoms. The summed E-state index contributed by atoms with van der Waals surface area (Å²) >= 11 is 0. The SMILES string of the molecule is Cc1ccc(C2=NC3CN(C(=O)OC(C)(C)C)CC3O2)cc1. The molecule has 3 rings (SSSR count). The van der Waals surface area contributed by atoms with Gasteiger partial charge in [0, 0.05) is 5.56 Å². The van der Waals surface area contributed by atoms with Crippen molar-refractivity contribution in [2.24, 2.45) is 4.99 Å². The predicted octanol–water partition coefficient (Wildman–Crippen LogP) is 2.76. The Balaban J connectivity index is 1.65. The molecular weight excluding hydrogens is 280 g/mol. The van der Waals surface area contributed by atoms with Gasteiger partial charge >= 0.3 is 6.09 Å². The van der Waals surface area contributed by atoms with Crippen LogP contribution in [0.3, 0.4) is 0 Å². The summed E-state index contributed by atoms with van der Waals surface area (Å²) in [6.45, 7) is 8.73. The molecule has 1 aromatic rings. The second-order valence-electron chi connectivity index (χ2n) is 6.91. The van der Waals surface area contributed by atoms with Crippen LogP contribution in [0, 0.1) is 6.92 Å².